The summed E-state index contributed by atoms with van der Waals surface area (Å²) in [4.78, 5) is 20.9. The smallest absolute Gasteiger partial charge is 0.239 e. The van der Waals surface area contributed by atoms with E-state index in [0.717, 1.165) is 31.7 Å². The van der Waals surface area contributed by atoms with Crippen LogP contribution >= 0.6 is 23.1 Å². The first kappa shape index (κ1) is 18.9. The maximum absolute atomic E-state index is 12.7. The maximum atomic E-state index is 12.7. The summed E-state index contributed by atoms with van der Waals surface area (Å²) in [5.41, 5.74) is 3.51. The number of thiazole rings is 1. The van der Waals surface area contributed by atoms with Gasteiger partial charge in [0.05, 0.1) is 23.2 Å². The molecule has 1 saturated heterocycles. The summed E-state index contributed by atoms with van der Waals surface area (Å²) in [6.07, 6.45) is 1.28. The highest BCUT2D eigenvalue weighted by molar-refractivity contribution is 8.01. The Labute approximate surface area is 168 Å². The third-order valence-corrected chi connectivity index (χ3v) is 6.96. The largest absolute Gasteiger partial charge is 0.373 e. The Morgan fingerprint density at radius 2 is 2.11 bits per heavy atom. The van der Waals surface area contributed by atoms with Crippen molar-refractivity contribution in [3.63, 3.8) is 0 Å². The quantitative estimate of drug-likeness (QED) is 0.843. The van der Waals surface area contributed by atoms with Gasteiger partial charge in [-0.3, -0.25) is 9.69 Å². The molecule has 27 heavy (non-hydrogen) atoms. The molecule has 1 fully saturated rings. The number of benzene rings is 1. The number of anilines is 1. The zero-order chi connectivity index (χ0) is 19.0. The van der Waals surface area contributed by atoms with Crippen molar-refractivity contribution in [2.75, 3.05) is 18.4 Å². The fourth-order valence-electron chi connectivity index (χ4n) is 3.75. The highest BCUT2D eigenvalue weighted by Crippen LogP contribution is 2.38. The Hall–Kier alpha value is -1.41. The van der Waals surface area contributed by atoms with E-state index >= 15 is 0 Å². The number of aromatic nitrogens is 1. The van der Waals surface area contributed by atoms with Crippen LogP contribution in [0.3, 0.4) is 0 Å². The van der Waals surface area contributed by atoms with E-state index in [-0.39, 0.29) is 23.4 Å². The number of hydrogen-bond acceptors (Lipinski definition) is 6. The number of carbonyl (C=O) groups is 1. The van der Waals surface area contributed by atoms with Crippen LogP contribution in [0.1, 0.15) is 30.7 Å². The fourth-order valence-corrected chi connectivity index (χ4v) is 5.74. The molecule has 0 bridgehead atoms. The van der Waals surface area contributed by atoms with Gasteiger partial charge >= 0.3 is 0 Å². The minimum Gasteiger partial charge on any atom is -0.373 e. The molecule has 1 amide bonds. The predicted octanol–water partition coefficient (Wildman–Crippen LogP) is 3.72. The molecule has 3 unspecified atom stereocenters. The molecule has 144 valence electrons. The lowest BCUT2D eigenvalue weighted by Gasteiger charge is -2.34. The van der Waals surface area contributed by atoms with Gasteiger partial charge in [0.25, 0.3) is 0 Å². The molecule has 2 aliphatic heterocycles. The monoisotopic (exact) mass is 403 g/mol. The van der Waals surface area contributed by atoms with Crippen molar-refractivity contribution in [1.29, 1.82) is 0 Å². The van der Waals surface area contributed by atoms with Gasteiger partial charge in [-0.2, -0.15) is 0 Å². The van der Waals surface area contributed by atoms with E-state index in [2.05, 4.69) is 54.2 Å². The molecule has 7 heteroatoms. The second-order valence-corrected chi connectivity index (χ2v) is 9.61. The fraction of sp³-hybridized carbons (Fsp3) is 0.500. The Bertz CT molecular complexity index is 828. The maximum Gasteiger partial charge on any atom is 0.239 e. The third kappa shape index (κ3) is 4.54. The van der Waals surface area contributed by atoms with Crippen LogP contribution in [0.5, 0.6) is 0 Å². The van der Waals surface area contributed by atoms with Crippen LogP contribution in [0.4, 0.5) is 5.13 Å². The van der Waals surface area contributed by atoms with Crippen LogP contribution in [0.25, 0.3) is 0 Å². The minimum atomic E-state index is -0.0740. The van der Waals surface area contributed by atoms with Gasteiger partial charge in [0.1, 0.15) is 0 Å². The molecule has 2 aliphatic rings. The van der Waals surface area contributed by atoms with Crippen LogP contribution in [-0.2, 0) is 22.5 Å². The lowest BCUT2D eigenvalue weighted by atomic mass is 10.1. The van der Waals surface area contributed by atoms with Gasteiger partial charge in [0.15, 0.2) is 5.13 Å². The number of amides is 1. The lowest BCUT2D eigenvalue weighted by Crippen LogP contribution is -2.44. The Morgan fingerprint density at radius 1 is 1.33 bits per heavy atom. The molecule has 0 radical (unpaired) electrons. The Balaban J connectivity index is 1.34. The second-order valence-electron chi connectivity index (χ2n) is 7.51. The van der Waals surface area contributed by atoms with Gasteiger partial charge in [-0.05, 0) is 38.8 Å². The van der Waals surface area contributed by atoms with Gasteiger partial charge in [-0.1, -0.05) is 17.7 Å². The second kappa shape index (κ2) is 7.91. The van der Waals surface area contributed by atoms with E-state index in [4.69, 9.17) is 4.74 Å². The first-order valence-electron chi connectivity index (χ1n) is 9.35. The molecule has 5 nitrogen and oxygen atoms in total. The highest BCUT2D eigenvalue weighted by Gasteiger charge is 2.29. The number of aryl methyl sites for hydroxylation is 1. The van der Waals surface area contributed by atoms with Crippen molar-refractivity contribution in [2.45, 2.75) is 56.1 Å². The summed E-state index contributed by atoms with van der Waals surface area (Å²) < 4.78 is 5.78. The topological polar surface area (TPSA) is 54.5 Å². The molecule has 1 aromatic heterocycles. The lowest BCUT2D eigenvalue weighted by molar-refractivity contribution is -0.115. The molecule has 0 aliphatic carbocycles. The predicted molar refractivity (Wildman–Crippen MR) is 111 cm³/mol. The molecule has 0 saturated carbocycles. The zero-order valence-corrected chi connectivity index (χ0v) is 17.5. The number of fused-ring (bicyclic) bond motifs is 1. The molecule has 1 N–H and O–H groups in total. The normalized spacial score (nSPS) is 25.4. The molecular formula is C20H25N3O2S2. The number of hydrogen-bond donors (Lipinski definition) is 1. The van der Waals surface area contributed by atoms with Crippen molar-refractivity contribution in [3.05, 3.63) is 40.4 Å². The van der Waals surface area contributed by atoms with Crippen molar-refractivity contribution in [3.8, 4) is 0 Å². The van der Waals surface area contributed by atoms with E-state index in [1.54, 1.807) is 11.8 Å². The number of thioether (sulfide) groups is 1. The van der Waals surface area contributed by atoms with Crippen molar-refractivity contribution in [2.24, 2.45) is 0 Å². The number of carbonyl (C=O) groups excluding carboxylic acids is 1. The summed E-state index contributed by atoms with van der Waals surface area (Å²) in [5.74, 6) is 0.0448. The summed E-state index contributed by atoms with van der Waals surface area (Å²) in [6, 6.07) is 6.41. The van der Waals surface area contributed by atoms with Crippen LogP contribution in [0.15, 0.2) is 28.5 Å². The zero-order valence-electron chi connectivity index (χ0n) is 15.9. The van der Waals surface area contributed by atoms with Gasteiger partial charge in [0.2, 0.25) is 5.91 Å². The molecule has 3 atom stereocenters. The number of morpholine rings is 1. The molecule has 3 heterocycles. The Kier molecular flexibility index (Phi) is 5.55. The van der Waals surface area contributed by atoms with Gasteiger partial charge < -0.3 is 10.1 Å². The summed E-state index contributed by atoms with van der Waals surface area (Å²) in [7, 11) is 0. The van der Waals surface area contributed by atoms with Crippen LogP contribution < -0.4 is 5.32 Å². The van der Waals surface area contributed by atoms with Gasteiger partial charge in [0, 0.05) is 29.9 Å². The first-order valence-corrected chi connectivity index (χ1v) is 11.1. The number of nitrogens with one attached hydrogen (secondary N) is 1. The molecule has 0 spiro atoms. The number of rotatable bonds is 4. The first-order chi connectivity index (χ1) is 13.0. The standard InChI is InChI=1S/C20H25N3O2S2/c1-12-4-5-15-7-18(27-17(15)6-12)19(24)22-20-21-16(11-26-20)10-23-8-13(2)25-14(3)9-23/h4-6,11,13-14,18H,7-10H2,1-3H3,(H,21,22,24). The van der Waals surface area contributed by atoms with Crippen molar-refractivity contribution < 1.29 is 9.53 Å². The average molecular weight is 404 g/mol. The van der Waals surface area contributed by atoms with Crippen molar-refractivity contribution in [1.82, 2.24) is 9.88 Å². The Morgan fingerprint density at radius 3 is 2.89 bits per heavy atom. The summed E-state index contributed by atoms with van der Waals surface area (Å²) in [6.45, 7) is 8.93. The SMILES string of the molecule is Cc1ccc2c(c1)SC(C(=O)Nc1nc(CN3CC(C)OC(C)C3)cs1)C2. The highest BCUT2D eigenvalue weighted by atomic mass is 32.2. The number of nitrogens with zero attached hydrogens (tertiary/aromatic N) is 2. The van der Waals surface area contributed by atoms with E-state index in [1.165, 1.54) is 27.4 Å². The van der Waals surface area contributed by atoms with Crippen LogP contribution in [0.2, 0.25) is 0 Å². The van der Waals surface area contributed by atoms with E-state index in [9.17, 15) is 4.79 Å². The van der Waals surface area contributed by atoms with Crippen molar-refractivity contribution >= 4 is 34.1 Å². The van der Waals surface area contributed by atoms with Gasteiger partial charge in [-0.25, -0.2) is 4.98 Å². The summed E-state index contributed by atoms with van der Waals surface area (Å²) >= 11 is 3.16. The number of ether oxygens (including phenoxy) is 1. The molecular weight excluding hydrogens is 378 g/mol. The van der Waals surface area contributed by atoms with Gasteiger partial charge in [-0.15, -0.1) is 23.1 Å². The van der Waals surface area contributed by atoms with E-state index < -0.39 is 0 Å². The van der Waals surface area contributed by atoms with Crippen LogP contribution in [0, 0.1) is 6.92 Å². The molecule has 4 rings (SSSR count). The summed E-state index contributed by atoms with van der Waals surface area (Å²) in [5, 5.41) is 5.67. The van der Waals surface area contributed by atoms with E-state index in [0.29, 0.717) is 5.13 Å². The van der Waals surface area contributed by atoms with E-state index in [1.807, 2.05) is 5.38 Å². The minimum absolute atomic E-state index is 0.0448. The average Bonchev–Trinajstić information content (AvgIpc) is 3.20. The molecule has 1 aromatic carbocycles. The van der Waals surface area contributed by atoms with Crippen LogP contribution in [-0.4, -0.2) is 46.3 Å². The molecule has 2 aromatic rings. The third-order valence-electron chi connectivity index (χ3n) is 4.85.